The van der Waals surface area contributed by atoms with Gasteiger partial charge in [0.15, 0.2) is 0 Å². The molecule has 0 saturated heterocycles. The first-order valence-corrected chi connectivity index (χ1v) is 5.66. The minimum absolute atomic E-state index is 0.206. The second kappa shape index (κ2) is 7.04. The molecule has 0 amide bonds. The summed E-state index contributed by atoms with van der Waals surface area (Å²) >= 11 is 0. The maximum Gasteiger partial charge on any atom is 0.309 e. The topological polar surface area (TPSA) is 58.6 Å². The van der Waals surface area contributed by atoms with E-state index in [2.05, 4.69) is 10.1 Å². The SMILES string of the molecule is COC(=O)C(C)CNCC(O)c1ccccc1. The van der Waals surface area contributed by atoms with E-state index in [1.165, 1.54) is 7.11 Å². The molecule has 0 aliphatic heterocycles. The van der Waals surface area contributed by atoms with Crippen molar-refractivity contribution in [1.82, 2.24) is 5.32 Å². The quantitative estimate of drug-likeness (QED) is 0.728. The molecule has 1 aromatic carbocycles. The lowest BCUT2D eigenvalue weighted by atomic mass is 10.1. The number of carbonyl (C=O) groups is 1. The number of rotatable bonds is 6. The highest BCUT2D eigenvalue weighted by Crippen LogP contribution is 2.10. The van der Waals surface area contributed by atoms with E-state index in [-0.39, 0.29) is 11.9 Å². The summed E-state index contributed by atoms with van der Waals surface area (Å²) in [7, 11) is 1.37. The molecule has 0 spiro atoms. The number of aliphatic hydroxyl groups excluding tert-OH is 1. The molecule has 17 heavy (non-hydrogen) atoms. The van der Waals surface area contributed by atoms with Gasteiger partial charge in [0.2, 0.25) is 0 Å². The Morgan fingerprint density at radius 3 is 2.59 bits per heavy atom. The Hall–Kier alpha value is -1.39. The molecule has 2 N–H and O–H groups in total. The third kappa shape index (κ3) is 4.54. The van der Waals surface area contributed by atoms with Crippen LogP contribution in [-0.4, -0.2) is 31.3 Å². The normalized spacial score (nSPS) is 14.1. The summed E-state index contributed by atoms with van der Waals surface area (Å²) < 4.78 is 4.61. The molecule has 4 heteroatoms. The molecule has 4 nitrogen and oxygen atoms in total. The smallest absolute Gasteiger partial charge is 0.309 e. The van der Waals surface area contributed by atoms with Gasteiger partial charge in [-0.05, 0) is 5.56 Å². The number of aliphatic hydroxyl groups is 1. The second-order valence-corrected chi connectivity index (χ2v) is 4.01. The third-order valence-corrected chi connectivity index (χ3v) is 2.58. The third-order valence-electron chi connectivity index (χ3n) is 2.58. The molecule has 0 aliphatic carbocycles. The van der Waals surface area contributed by atoms with Gasteiger partial charge in [0, 0.05) is 13.1 Å². The molecular weight excluding hydrogens is 218 g/mol. The number of carbonyl (C=O) groups excluding carboxylic acids is 1. The molecular formula is C13H19NO3. The van der Waals surface area contributed by atoms with Crippen LogP contribution in [0.1, 0.15) is 18.6 Å². The van der Waals surface area contributed by atoms with Crippen LogP contribution in [0.3, 0.4) is 0 Å². The minimum atomic E-state index is -0.555. The summed E-state index contributed by atoms with van der Waals surface area (Å²) in [5, 5.41) is 12.9. The van der Waals surface area contributed by atoms with E-state index >= 15 is 0 Å². The Labute approximate surface area is 102 Å². The monoisotopic (exact) mass is 237 g/mol. The lowest BCUT2D eigenvalue weighted by molar-refractivity contribution is -0.144. The van der Waals surface area contributed by atoms with Gasteiger partial charge in [-0.25, -0.2) is 0 Å². The summed E-state index contributed by atoms with van der Waals surface area (Å²) in [4.78, 5) is 11.1. The molecule has 0 heterocycles. The van der Waals surface area contributed by atoms with Crippen molar-refractivity contribution in [2.24, 2.45) is 5.92 Å². The molecule has 0 aliphatic rings. The minimum Gasteiger partial charge on any atom is -0.469 e. The highest BCUT2D eigenvalue weighted by Gasteiger charge is 2.13. The van der Waals surface area contributed by atoms with Crippen LogP contribution < -0.4 is 5.32 Å². The van der Waals surface area contributed by atoms with Crippen molar-refractivity contribution in [3.8, 4) is 0 Å². The summed E-state index contributed by atoms with van der Waals surface area (Å²) in [6.07, 6.45) is -0.555. The number of ether oxygens (including phenoxy) is 1. The Morgan fingerprint density at radius 1 is 1.35 bits per heavy atom. The zero-order valence-electron chi connectivity index (χ0n) is 10.2. The van der Waals surface area contributed by atoms with Gasteiger partial charge in [-0.1, -0.05) is 37.3 Å². The predicted molar refractivity (Wildman–Crippen MR) is 65.5 cm³/mol. The van der Waals surface area contributed by atoms with E-state index in [0.29, 0.717) is 13.1 Å². The average Bonchev–Trinajstić information content (AvgIpc) is 2.38. The molecule has 0 fully saturated rings. The van der Waals surface area contributed by atoms with Crippen LogP contribution in [0, 0.1) is 5.92 Å². The van der Waals surface area contributed by atoms with Gasteiger partial charge in [-0.15, -0.1) is 0 Å². The highest BCUT2D eigenvalue weighted by molar-refractivity contribution is 5.71. The number of hydrogen-bond acceptors (Lipinski definition) is 4. The molecule has 2 unspecified atom stereocenters. The largest absolute Gasteiger partial charge is 0.469 e. The molecule has 94 valence electrons. The lowest BCUT2D eigenvalue weighted by Crippen LogP contribution is -2.30. The molecule has 0 aromatic heterocycles. The van der Waals surface area contributed by atoms with Crippen molar-refractivity contribution in [2.75, 3.05) is 20.2 Å². The average molecular weight is 237 g/mol. The second-order valence-electron chi connectivity index (χ2n) is 4.01. The molecule has 2 atom stereocenters. The van der Waals surface area contributed by atoms with Crippen LogP contribution in [-0.2, 0) is 9.53 Å². The van der Waals surface area contributed by atoms with Crippen molar-refractivity contribution >= 4 is 5.97 Å². The molecule has 1 aromatic rings. The number of nitrogens with one attached hydrogen (secondary N) is 1. The highest BCUT2D eigenvalue weighted by atomic mass is 16.5. The molecule has 1 rings (SSSR count). The lowest BCUT2D eigenvalue weighted by Gasteiger charge is -2.14. The van der Waals surface area contributed by atoms with Gasteiger partial charge >= 0.3 is 5.97 Å². The molecule has 0 bridgehead atoms. The zero-order valence-corrected chi connectivity index (χ0v) is 10.2. The van der Waals surface area contributed by atoms with Crippen molar-refractivity contribution in [3.63, 3.8) is 0 Å². The number of benzene rings is 1. The van der Waals surface area contributed by atoms with Crippen molar-refractivity contribution in [3.05, 3.63) is 35.9 Å². The van der Waals surface area contributed by atoms with Crippen LogP contribution in [0.5, 0.6) is 0 Å². The summed E-state index contributed by atoms with van der Waals surface area (Å²) in [5.41, 5.74) is 0.866. The fourth-order valence-corrected chi connectivity index (χ4v) is 1.51. The van der Waals surface area contributed by atoms with E-state index in [9.17, 15) is 9.90 Å². The van der Waals surface area contributed by atoms with Gasteiger partial charge in [-0.2, -0.15) is 0 Å². The summed E-state index contributed by atoms with van der Waals surface area (Å²) in [6.45, 7) is 2.70. The maximum absolute atomic E-state index is 11.1. The van der Waals surface area contributed by atoms with E-state index in [1.54, 1.807) is 6.92 Å². The van der Waals surface area contributed by atoms with Crippen molar-refractivity contribution < 1.29 is 14.6 Å². The Balaban J connectivity index is 2.30. The van der Waals surface area contributed by atoms with Crippen LogP contribution >= 0.6 is 0 Å². The van der Waals surface area contributed by atoms with Gasteiger partial charge in [0.25, 0.3) is 0 Å². The maximum atomic E-state index is 11.1. The van der Waals surface area contributed by atoms with E-state index in [4.69, 9.17) is 0 Å². The van der Waals surface area contributed by atoms with Gasteiger partial charge in [-0.3, -0.25) is 4.79 Å². The number of methoxy groups -OCH3 is 1. The molecule has 0 saturated carbocycles. The van der Waals surface area contributed by atoms with E-state index < -0.39 is 6.10 Å². The number of hydrogen-bond donors (Lipinski definition) is 2. The van der Waals surface area contributed by atoms with Crippen LogP contribution in [0.4, 0.5) is 0 Å². The summed E-state index contributed by atoms with van der Waals surface area (Å²) in [6, 6.07) is 9.42. The fourth-order valence-electron chi connectivity index (χ4n) is 1.51. The van der Waals surface area contributed by atoms with Crippen molar-refractivity contribution in [1.29, 1.82) is 0 Å². The first kappa shape index (κ1) is 13.7. The van der Waals surface area contributed by atoms with Crippen LogP contribution in [0.15, 0.2) is 30.3 Å². The standard InChI is InChI=1S/C13H19NO3/c1-10(13(16)17-2)8-14-9-12(15)11-6-4-3-5-7-11/h3-7,10,12,14-15H,8-9H2,1-2H3. The Bertz CT molecular complexity index is 340. The first-order chi connectivity index (χ1) is 8.15. The first-order valence-electron chi connectivity index (χ1n) is 5.66. The van der Waals surface area contributed by atoms with Gasteiger partial charge in [0.05, 0.1) is 19.1 Å². The summed E-state index contributed by atoms with van der Waals surface area (Å²) in [5.74, 6) is -0.449. The van der Waals surface area contributed by atoms with Gasteiger partial charge < -0.3 is 15.2 Å². The van der Waals surface area contributed by atoms with Gasteiger partial charge in [0.1, 0.15) is 0 Å². The van der Waals surface area contributed by atoms with Crippen LogP contribution in [0.25, 0.3) is 0 Å². The molecule has 0 radical (unpaired) electrons. The van der Waals surface area contributed by atoms with Crippen LogP contribution in [0.2, 0.25) is 0 Å². The Kier molecular flexibility index (Phi) is 5.66. The van der Waals surface area contributed by atoms with Crippen molar-refractivity contribution in [2.45, 2.75) is 13.0 Å². The predicted octanol–water partition coefficient (Wildman–Crippen LogP) is 1.12. The Morgan fingerprint density at radius 2 is 2.00 bits per heavy atom. The van der Waals surface area contributed by atoms with E-state index in [0.717, 1.165) is 5.56 Å². The number of esters is 1. The van der Waals surface area contributed by atoms with E-state index in [1.807, 2.05) is 30.3 Å². The fraction of sp³-hybridized carbons (Fsp3) is 0.462. The zero-order chi connectivity index (χ0) is 12.7.